The topological polar surface area (TPSA) is 86.1 Å². The van der Waals surface area contributed by atoms with E-state index in [1.807, 2.05) is 30.5 Å². The maximum atomic E-state index is 12.3. The van der Waals surface area contributed by atoms with Gasteiger partial charge in [-0.3, -0.25) is 9.59 Å². The number of Topliss-reactive ketones (excluding diaryl/α,β-unsaturated/α-hetero) is 1. The second-order valence-corrected chi connectivity index (χ2v) is 8.19. The van der Waals surface area contributed by atoms with Gasteiger partial charge in [-0.15, -0.1) is 10.2 Å². The Bertz CT molecular complexity index is 1080. The monoisotopic (exact) mass is 458 g/mol. The lowest BCUT2D eigenvalue weighted by atomic mass is 10.1. The molecule has 0 aliphatic heterocycles. The molecular formula is C22H23ClN4O3S. The highest BCUT2D eigenvalue weighted by Gasteiger charge is 2.14. The Kier molecular flexibility index (Phi) is 7.70. The number of ether oxygens (including phenoxy) is 1. The number of thioether (sulfide) groups is 1. The number of amides is 1. The van der Waals surface area contributed by atoms with Crippen molar-refractivity contribution in [1.82, 2.24) is 14.8 Å². The Morgan fingerprint density at radius 3 is 2.58 bits per heavy atom. The fraction of sp³-hybridized carbons (Fsp3) is 0.273. The van der Waals surface area contributed by atoms with E-state index < -0.39 is 0 Å². The molecule has 1 heterocycles. The van der Waals surface area contributed by atoms with Crippen molar-refractivity contribution in [2.45, 2.75) is 39.1 Å². The zero-order valence-electron chi connectivity index (χ0n) is 17.5. The predicted octanol–water partition coefficient (Wildman–Crippen LogP) is 4.77. The lowest BCUT2D eigenvalue weighted by Gasteiger charge is -2.10. The average Bonchev–Trinajstić information content (AvgIpc) is 3.15. The van der Waals surface area contributed by atoms with Crippen LogP contribution in [0.15, 0.2) is 47.6 Å². The van der Waals surface area contributed by atoms with Crippen LogP contribution in [0, 0.1) is 6.92 Å². The van der Waals surface area contributed by atoms with Crippen LogP contribution in [0.3, 0.4) is 0 Å². The number of hydrogen-bond acceptors (Lipinski definition) is 6. The van der Waals surface area contributed by atoms with E-state index in [0.717, 1.165) is 5.56 Å². The minimum Gasteiger partial charge on any atom is -0.484 e. The van der Waals surface area contributed by atoms with Crippen LogP contribution in [0.2, 0.25) is 5.02 Å². The normalized spacial score (nSPS) is 10.7. The van der Waals surface area contributed by atoms with Gasteiger partial charge in [0.15, 0.2) is 16.8 Å². The van der Waals surface area contributed by atoms with Crippen LogP contribution in [0.5, 0.6) is 5.75 Å². The maximum absolute atomic E-state index is 12.3. The van der Waals surface area contributed by atoms with Crippen LogP contribution in [0.4, 0.5) is 5.69 Å². The van der Waals surface area contributed by atoms with E-state index in [1.54, 1.807) is 30.3 Å². The first-order chi connectivity index (χ1) is 14.9. The molecule has 1 N–H and O–H groups in total. The third-order valence-corrected chi connectivity index (χ3v) is 5.74. The quantitative estimate of drug-likeness (QED) is 0.367. The Hall–Kier alpha value is -2.84. The highest BCUT2D eigenvalue weighted by molar-refractivity contribution is 7.99. The van der Waals surface area contributed by atoms with Crippen molar-refractivity contribution in [3.8, 4) is 5.75 Å². The Morgan fingerprint density at radius 1 is 1.16 bits per heavy atom. The number of carbonyl (C=O) groups is 2. The zero-order valence-corrected chi connectivity index (χ0v) is 19.1. The summed E-state index contributed by atoms with van der Waals surface area (Å²) >= 11 is 7.48. The van der Waals surface area contributed by atoms with Crippen molar-refractivity contribution < 1.29 is 14.3 Å². The minimum atomic E-state index is -0.171. The molecule has 1 aromatic heterocycles. The Labute approximate surface area is 190 Å². The van der Waals surface area contributed by atoms with Crippen LogP contribution in [0.25, 0.3) is 0 Å². The van der Waals surface area contributed by atoms with Crippen LogP contribution in [-0.2, 0) is 17.9 Å². The van der Waals surface area contributed by atoms with Gasteiger partial charge in [0.2, 0.25) is 5.91 Å². The van der Waals surface area contributed by atoms with E-state index in [1.165, 1.54) is 18.7 Å². The van der Waals surface area contributed by atoms with Crippen molar-refractivity contribution in [1.29, 1.82) is 0 Å². The zero-order chi connectivity index (χ0) is 22.4. The largest absolute Gasteiger partial charge is 0.484 e. The summed E-state index contributed by atoms with van der Waals surface area (Å²) in [6.45, 7) is 6.31. The molecule has 9 heteroatoms. The number of rotatable bonds is 9. The summed E-state index contributed by atoms with van der Waals surface area (Å²) in [5, 5.41) is 12.4. The molecule has 0 unspecified atom stereocenters. The number of ketones is 1. The molecule has 0 saturated heterocycles. The second-order valence-electron chi connectivity index (χ2n) is 6.84. The fourth-order valence-electron chi connectivity index (χ4n) is 2.83. The van der Waals surface area contributed by atoms with E-state index in [-0.39, 0.29) is 24.1 Å². The average molecular weight is 459 g/mol. The van der Waals surface area contributed by atoms with Gasteiger partial charge in [-0.05, 0) is 62.7 Å². The third-order valence-electron chi connectivity index (χ3n) is 4.46. The van der Waals surface area contributed by atoms with Gasteiger partial charge in [0.1, 0.15) is 12.4 Å². The molecule has 0 saturated carbocycles. The molecule has 0 atom stereocenters. The van der Waals surface area contributed by atoms with Gasteiger partial charge >= 0.3 is 0 Å². The Morgan fingerprint density at radius 2 is 1.90 bits per heavy atom. The number of hydrogen-bond donors (Lipinski definition) is 1. The van der Waals surface area contributed by atoms with Crippen LogP contribution in [0.1, 0.15) is 35.6 Å². The molecule has 2 aromatic carbocycles. The highest BCUT2D eigenvalue weighted by Crippen LogP contribution is 2.26. The summed E-state index contributed by atoms with van der Waals surface area (Å²) in [6, 6.07) is 12.4. The smallest absolute Gasteiger partial charge is 0.234 e. The molecule has 0 fully saturated rings. The molecule has 162 valence electrons. The van der Waals surface area contributed by atoms with Gasteiger partial charge in [-0.1, -0.05) is 29.4 Å². The fourth-order valence-corrected chi connectivity index (χ4v) is 3.82. The number of aromatic nitrogens is 3. The van der Waals surface area contributed by atoms with Crippen molar-refractivity contribution in [2.24, 2.45) is 0 Å². The summed E-state index contributed by atoms with van der Waals surface area (Å²) in [7, 11) is 0. The number of aryl methyl sites for hydroxylation is 1. The first-order valence-corrected chi connectivity index (χ1v) is 11.1. The number of anilines is 1. The summed E-state index contributed by atoms with van der Waals surface area (Å²) in [6.07, 6.45) is 0. The molecule has 1 amide bonds. The van der Waals surface area contributed by atoms with E-state index in [9.17, 15) is 9.59 Å². The molecule has 3 rings (SSSR count). The summed E-state index contributed by atoms with van der Waals surface area (Å²) in [5.41, 5.74) is 2.29. The van der Waals surface area contributed by atoms with E-state index in [0.29, 0.717) is 39.5 Å². The molecule has 3 aromatic rings. The van der Waals surface area contributed by atoms with Crippen molar-refractivity contribution in [3.05, 3.63) is 64.4 Å². The number of benzene rings is 2. The molecule has 0 radical (unpaired) electrons. The molecule has 0 bridgehead atoms. The summed E-state index contributed by atoms with van der Waals surface area (Å²) < 4.78 is 7.73. The molecule has 0 aliphatic rings. The lowest BCUT2D eigenvalue weighted by Crippen LogP contribution is -2.15. The van der Waals surface area contributed by atoms with Gasteiger partial charge in [-0.25, -0.2) is 0 Å². The van der Waals surface area contributed by atoms with E-state index >= 15 is 0 Å². The minimum absolute atomic E-state index is 0.0169. The van der Waals surface area contributed by atoms with Gasteiger partial charge in [-0.2, -0.15) is 0 Å². The van der Waals surface area contributed by atoms with Crippen LogP contribution < -0.4 is 10.1 Å². The van der Waals surface area contributed by atoms with Gasteiger partial charge in [0, 0.05) is 17.8 Å². The van der Waals surface area contributed by atoms with Crippen LogP contribution >= 0.6 is 23.4 Å². The van der Waals surface area contributed by atoms with Gasteiger partial charge in [0.25, 0.3) is 0 Å². The van der Waals surface area contributed by atoms with Crippen molar-refractivity contribution >= 4 is 40.7 Å². The summed E-state index contributed by atoms with van der Waals surface area (Å²) in [5.74, 6) is 1.24. The lowest BCUT2D eigenvalue weighted by molar-refractivity contribution is -0.113. The number of carbonyl (C=O) groups excluding carboxylic acids is 2. The predicted molar refractivity (Wildman–Crippen MR) is 122 cm³/mol. The first kappa shape index (κ1) is 22.8. The van der Waals surface area contributed by atoms with Crippen molar-refractivity contribution in [2.75, 3.05) is 11.1 Å². The number of halogens is 1. The van der Waals surface area contributed by atoms with E-state index in [4.69, 9.17) is 16.3 Å². The van der Waals surface area contributed by atoms with E-state index in [2.05, 4.69) is 15.5 Å². The van der Waals surface area contributed by atoms with Crippen LogP contribution in [-0.4, -0.2) is 32.2 Å². The van der Waals surface area contributed by atoms with Gasteiger partial charge in [0.05, 0.1) is 10.8 Å². The first-order valence-electron chi connectivity index (χ1n) is 9.72. The second kappa shape index (κ2) is 10.5. The summed E-state index contributed by atoms with van der Waals surface area (Å²) in [4.78, 5) is 23.6. The molecule has 7 nitrogen and oxygen atoms in total. The van der Waals surface area contributed by atoms with Crippen molar-refractivity contribution in [3.63, 3.8) is 0 Å². The standard InChI is InChI=1S/C22H23ClN4O3S/c1-4-27-20(12-30-19-11-14(2)5-10-18(19)23)25-26-22(27)31-13-21(29)24-17-8-6-16(7-9-17)15(3)28/h5-11H,4,12-13H2,1-3H3,(H,24,29). The molecule has 0 spiro atoms. The SMILES string of the molecule is CCn1c(COc2cc(C)ccc2Cl)nnc1SCC(=O)Nc1ccc(C(C)=O)cc1. The molecular weight excluding hydrogens is 436 g/mol. The van der Waals surface area contributed by atoms with Gasteiger partial charge < -0.3 is 14.6 Å². The third kappa shape index (κ3) is 6.08. The number of nitrogens with one attached hydrogen (secondary N) is 1. The molecule has 31 heavy (non-hydrogen) atoms. The maximum Gasteiger partial charge on any atom is 0.234 e. The highest BCUT2D eigenvalue weighted by atomic mass is 35.5. The Balaban J connectivity index is 1.58. The number of nitrogens with zero attached hydrogens (tertiary/aromatic N) is 3. The molecule has 0 aliphatic carbocycles.